The highest BCUT2D eigenvalue weighted by Crippen LogP contribution is 2.29. The van der Waals surface area contributed by atoms with Crippen molar-refractivity contribution in [2.45, 2.75) is 6.92 Å². The van der Waals surface area contributed by atoms with E-state index in [4.69, 9.17) is 11.6 Å². The summed E-state index contributed by atoms with van der Waals surface area (Å²) >= 11 is 6.40. The Morgan fingerprint density at radius 2 is 1.76 bits per heavy atom. The van der Waals surface area contributed by atoms with Crippen LogP contribution in [0.1, 0.15) is 5.69 Å². The first-order valence-electron chi connectivity index (χ1n) is 7.25. The molecule has 2 aliphatic heterocycles. The van der Waals surface area contributed by atoms with E-state index in [1.807, 2.05) is 6.92 Å². The van der Waals surface area contributed by atoms with E-state index in [9.17, 15) is 4.21 Å². The van der Waals surface area contributed by atoms with Gasteiger partial charge in [-0.05, 0) is 6.92 Å². The fraction of sp³-hybridized carbons (Fsp3) is 0.692. The van der Waals surface area contributed by atoms with E-state index < -0.39 is 10.8 Å². The van der Waals surface area contributed by atoms with Gasteiger partial charge in [-0.25, -0.2) is 4.98 Å². The average molecular weight is 330 g/mol. The van der Waals surface area contributed by atoms with E-state index >= 15 is 0 Å². The number of nitrogens with zero attached hydrogens (tertiary/aromatic N) is 4. The molecule has 0 spiro atoms. The normalized spacial score (nSPS) is 20.9. The Kier molecular flexibility index (Phi) is 4.61. The van der Waals surface area contributed by atoms with Gasteiger partial charge in [-0.2, -0.15) is 4.98 Å². The number of piperazine rings is 1. The standard InChI is InChI=1S/C13H20ClN5OS/c1-10-11(14)12(18-6-8-21(20)9-7-18)17-13(16-10)19-4-2-15-3-5-19/h15H,2-9H2,1H3. The zero-order valence-corrected chi connectivity index (χ0v) is 13.7. The highest BCUT2D eigenvalue weighted by Gasteiger charge is 2.23. The number of aryl methyl sites for hydroxylation is 1. The summed E-state index contributed by atoms with van der Waals surface area (Å²) in [6, 6.07) is 0. The lowest BCUT2D eigenvalue weighted by molar-refractivity contribution is 0.579. The smallest absolute Gasteiger partial charge is 0.227 e. The molecular weight excluding hydrogens is 310 g/mol. The van der Waals surface area contributed by atoms with E-state index in [0.717, 1.165) is 56.7 Å². The SMILES string of the molecule is Cc1nc(N2CCNCC2)nc(N2CCS(=O)CC2)c1Cl. The van der Waals surface area contributed by atoms with Crippen molar-refractivity contribution in [1.82, 2.24) is 15.3 Å². The predicted molar refractivity (Wildman–Crippen MR) is 87.0 cm³/mol. The first kappa shape index (κ1) is 15.0. The van der Waals surface area contributed by atoms with Crippen molar-refractivity contribution in [1.29, 1.82) is 0 Å². The molecule has 8 heteroatoms. The van der Waals surface area contributed by atoms with Gasteiger partial charge in [0.25, 0.3) is 0 Å². The minimum Gasteiger partial charge on any atom is -0.353 e. The Morgan fingerprint density at radius 1 is 1.10 bits per heavy atom. The molecule has 0 atom stereocenters. The Balaban J connectivity index is 1.88. The number of hydrogen-bond acceptors (Lipinski definition) is 6. The van der Waals surface area contributed by atoms with Gasteiger partial charge in [0.2, 0.25) is 5.95 Å². The van der Waals surface area contributed by atoms with Crippen molar-refractivity contribution in [2.24, 2.45) is 0 Å². The molecule has 0 aromatic carbocycles. The van der Waals surface area contributed by atoms with Gasteiger partial charge >= 0.3 is 0 Å². The Bertz CT molecular complexity index is 540. The molecule has 2 saturated heterocycles. The van der Waals surface area contributed by atoms with E-state index in [-0.39, 0.29) is 0 Å². The van der Waals surface area contributed by atoms with Crippen LogP contribution in [-0.2, 0) is 10.8 Å². The molecule has 2 aliphatic rings. The number of hydrogen-bond donors (Lipinski definition) is 1. The number of rotatable bonds is 2. The van der Waals surface area contributed by atoms with Crippen LogP contribution in [0.2, 0.25) is 5.02 Å². The van der Waals surface area contributed by atoms with Crippen LogP contribution < -0.4 is 15.1 Å². The van der Waals surface area contributed by atoms with Crippen molar-refractivity contribution in [3.8, 4) is 0 Å². The lowest BCUT2D eigenvalue weighted by atomic mass is 10.3. The highest BCUT2D eigenvalue weighted by molar-refractivity contribution is 7.85. The summed E-state index contributed by atoms with van der Waals surface area (Å²) in [6.07, 6.45) is 0. The van der Waals surface area contributed by atoms with E-state index in [1.165, 1.54) is 0 Å². The maximum Gasteiger partial charge on any atom is 0.227 e. The number of nitrogens with one attached hydrogen (secondary N) is 1. The molecule has 1 aromatic heterocycles. The van der Waals surface area contributed by atoms with Crippen LogP contribution in [0.3, 0.4) is 0 Å². The molecule has 1 aromatic rings. The lowest BCUT2D eigenvalue weighted by Gasteiger charge is -2.31. The first-order valence-corrected chi connectivity index (χ1v) is 9.11. The highest BCUT2D eigenvalue weighted by atomic mass is 35.5. The maximum absolute atomic E-state index is 11.5. The molecule has 3 heterocycles. The van der Waals surface area contributed by atoms with Crippen LogP contribution in [0.25, 0.3) is 0 Å². The van der Waals surface area contributed by atoms with Gasteiger partial charge in [-0.15, -0.1) is 0 Å². The summed E-state index contributed by atoms with van der Waals surface area (Å²) in [7, 11) is -0.703. The Morgan fingerprint density at radius 3 is 2.43 bits per heavy atom. The largest absolute Gasteiger partial charge is 0.353 e. The molecule has 1 N–H and O–H groups in total. The minimum atomic E-state index is -0.703. The van der Waals surface area contributed by atoms with Crippen LogP contribution in [0.5, 0.6) is 0 Å². The summed E-state index contributed by atoms with van der Waals surface area (Å²) in [5.74, 6) is 2.90. The van der Waals surface area contributed by atoms with E-state index in [2.05, 4.69) is 25.1 Å². The van der Waals surface area contributed by atoms with Crippen LogP contribution >= 0.6 is 11.6 Å². The van der Waals surface area contributed by atoms with Gasteiger partial charge in [0, 0.05) is 61.6 Å². The molecule has 0 saturated carbocycles. The van der Waals surface area contributed by atoms with Gasteiger partial charge in [0.05, 0.1) is 5.69 Å². The molecule has 0 radical (unpaired) electrons. The monoisotopic (exact) mass is 329 g/mol. The zero-order chi connectivity index (χ0) is 14.8. The number of halogens is 1. The van der Waals surface area contributed by atoms with Crippen molar-refractivity contribution >= 4 is 34.2 Å². The third-order valence-electron chi connectivity index (χ3n) is 3.86. The van der Waals surface area contributed by atoms with Crippen LogP contribution in [-0.4, -0.2) is 65.0 Å². The zero-order valence-electron chi connectivity index (χ0n) is 12.1. The van der Waals surface area contributed by atoms with Gasteiger partial charge in [0.15, 0.2) is 5.82 Å². The lowest BCUT2D eigenvalue weighted by Crippen LogP contribution is -2.44. The van der Waals surface area contributed by atoms with Gasteiger partial charge in [-0.3, -0.25) is 4.21 Å². The van der Waals surface area contributed by atoms with Crippen molar-refractivity contribution < 1.29 is 4.21 Å². The summed E-state index contributed by atoms with van der Waals surface area (Å²) in [4.78, 5) is 13.5. The van der Waals surface area contributed by atoms with Crippen molar-refractivity contribution in [3.05, 3.63) is 10.7 Å². The molecule has 0 unspecified atom stereocenters. The fourth-order valence-corrected chi connectivity index (χ4v) is 3.85. The summed E-state index contributed by atoms with van der Waals surface area (Å²) < 4.78 is 11.5. The Hall–Kier alpha value is -0.920. The fourth-order valence-electron chi connectivity index (χ4n) is 2.60. The van der Waals surface area contributed by atoms with Gasteiger partial charge in [-0.1, -0.05) is 11.6 Å². The molecule has 21 heavy (non-hydrogen) atoms. The van der Waals surface area contributed by atoms with E-state index in [1.54, 1.807) is 0 Å². The van der Waals surface area contributed by atoms with Crippen LogP contribution in [0.4, 0.5) is 11.8 Å². The van der Waals surface area contributed by atoms with Gasteiger partial charge in [0.1, 0.15) is 5.02 Å². The second-order valence-corrected chi connectivity index (χ2v) is 7.39. The molecule has 0 bridgehead atoms. The molecular formula is C13H20ClN5OS. The van der Waals surface area contributed by atoms with Crippen molar-refractivity contribution in [3.63, 3.8) is 0 Å². The van der Waals surface area contributed by atoms with Crippen LogP contribution in [0.15, 0.2) is 0 Å². The summed E-state index contributed by atoms with van der Waals surface area (Å²) in [5, 5.41) is 3.94. The van der Waals surface area contributed by atoms with E-state index in [0.29, 0.717) is 16.5 Å². The first-order chi connectivity index (χ1) is 10.1. The molecule has 116 valence electrons. The van der Waals surface area contributed by atoms with Crippen LogP contribution in [0, 0.1) is 6.92 Å². The predicted octanol–water partition coefficient (Wildman–Crippen LogP) is 0.417. The average Bonchev–Trinajstić information content (AvgIpc) is 2.52. The van der Waals surface area contributed by atoms with Gasteiger partial charge < -0.3 is 15.1 Å². The topological polar surface area (TPSA) is 61.4 Å². The molecule has 0 amide bonds. The second kappa shape index (κ2) is 6.46. The quantitative estimate of drug-likeness (QED) is 0.848. The molecule has 0 aliphatic carbocycles. The maximum atomic E-state index is 11.5. The second-order valence-electron chi connectivity index (χ2n) is 5.32. The Labute approximate surface area is 132 Å². The van der Waals surface area contributed by atoms with Crippen molar-refractivity contribution in [2.75, 3.05) is 60.6 Å². The number of anilines is 2. The molecule has 3 rings (SSSR count). The number of aromatic nitrogens is 2. The third-order valence-corrected chi connectivity index (χ3v) is 5.58. The summed E-state index contributed by atoms with van der Waals surface area (Å²) in [6.45, 7) is 7.11. The molecule has 6 nitrogen and oxygen atoms in total. The molecule has 2 fully saturated rings. The third kappa shape index (κ3) is 3.30. The summed E-state index contributed by atoms with van der Waals surface area (Å²) in [5.41, 5.74) is 0.807. The minimum absolute atomic E-state index is 0.613.